The zero-order valence-electron chi connectivity index (χ0n) is 14.2. The Kier molecular flexibility index (Phi) is 6.64. The first-order valence-corrected chi connectivity index (χ1v) is 8.50. The lowest BCUT2D eigenvalue weighted by Gasteiger charge is -2.09. The Morgan fingerprint density at radius 1 is 1.38 bits per heavy atom. The van der Waals surface area contributed by atoms with Crippen molar-refractivity contribution in [3.63, 3.8) is 0 Å². The number of nitriles is 1. The largest absolute Gasteiger partial charge is 0.503 e. The summed E-state index contributed by atoms with van der Waals surface area (Å²) in [5, 5.41) is 21.9. The minimum atomic E-state index is -0.553. The van der Waals surface area contributed by atoms with E-state index in [1.54, 1.807) is 43.3 Å². The maximum Gasteiger partial charge on any atom is 0.266 e. The Morgan fingerprint density at radius 3 is 2.81 bits per heavy atom. The van der Waals surface area contributed by atoms with E-state index in [2.05, 4.69) is 21.2 Å². The van der Waals surface area contributed by atoms with Crippen LogP contribution in [0.1, 0.15) is 12.5 Å². The fraction of sp³-hybridized carbons (Fsp3) is 0.158. The second kappa shape index (κ2) is 8.92. The molecule has 2 rings (SSSR count). The van der Waals surface area contributed by atoms with Crippen molar-refractivity contribution >= 4 is 33.6 Å². The molecule has 134 valence electrons. The molecule has 0 fully saturated rings. The molecule has 0 radical (unpaired) electrons. The molecule has 0 bridgehead atoms. The molecule has 0 atom stereocenters. The molecule has 0 spiro atoms. The van der Waals surface area contributed by atoms with E-state index in [0.717, 1.165) is 0 Å². The third-order valence-electron chi connectivity index (χ3n) is 3.35. The van der Waals surface area contributed by atoms with Crippen LogP contribution in [-0.2, 0) is 4.79 Å². The number of methoxy groups -OCH3 is 1. The normalized spacial score (nSPS) is 10.8. The molecule has 26 heavy (non-hydrogen) atoms. The summed E-state index contributed by atoms with van der Waals surface area (Å²) in [4.78, 5) is 12.4. The van der Waals surface area contributed by atoms with Crippen LogP contribution in [0, 0.1) is 11.3 Å². The number of rotatable bonds is 6. The van der Waals surface area contributed by atoms with Gasteiger partial charge in [0.2, 0.25) is 0 Å². The number of hydrogen-bond acceptors (Lipinski definition) is 5. The monoisotopic (exact) mass is 416 g/mol. The van der Waals surface area contributed by atoms with Gasteiger partial charge in [-0.2, -0.15) is 5.26 Å². The molecule has 0 saturated heterocycles. The molecule has 7 heteroatoms. The van der Waals surface area contributed by atoms with Crippen molar-refractivity contribution in [3.8, 4) is 23.3 Å². The molecule has 0 aromatic heterocycles. The predicted octanol–water partition coefficient (Wildman–Crippen LogP) is 4.11. The van der Waals surface area contributed by atoms with Gasteiger partial charge < -0.3 is 19.9 Å². The first-order chi connectivity index (χ1) is 12.5. The number of phenolic OH excluding ortho intramolecular Hbond substituents is 1. The summed E-state index contributed by atoms with van der Waals surface area (Å²) in [6, 6.07) is 11.9. The van der Waals surface area contributed by atoms with Gasteiger partial charge in [-0.1, -0.05) is 6.07 Å². The molecule has 2 aromatic carbocycles. The summed E-state index contributed by atoms with van der Waals surface area (Å²) in [5.41, 5.74) is 0.959. The molecular weight excluding hydrogens is 400 g/mol. The molecule has 0 aliphatic heterocycles. The van der Waals surface area contributed by atoms with Gasteiger partial charge in [0, 0.05) is 11.8 Å². The zero-order chi connectivity index (χ0) is 19.1. The Morgan fingerprint density at radius 2 is 2.15 bits per heavy atom. The van der Waals surface area contributed by atoms with Gasteiger partial charge in [0.05, 0.1) is 18.2 Å². The molecule has 6 nitrogen and oxygen atoms in total. The molecule has 0 saturated carbocycles. The van der Waals surface area contributed by atoms with Gasteiger partial charge in [-0.15, -0.1) is 0 Å². The fourth-order valence-corrected chi connectivity index (χ4v) is 2.62. The molecule has 1 amide bonds. The number of halogens is 1. The molecule has 2 aromatic rings. The second-order valence-electron chi connectivity index (χ2n) is 5.14. The first kappa shape index (κ1) is 19.3. The van der Waals surface area contributed by atoms with Crippen molar-refractivity contribution in [2.75, 3.05) is 19.0 Å². The number of ether oxygens (including phenoxy) is 2. The van der Waals surface area contributed by atoms with E-state index in [-0.39, 0.29) is 17.1 Å². The van der Waals surface area contributed by atoms with Gasteiger partial charge in [-0.05, 0) is 58.8 Å². The van der Waals surface area contributed by atoms with Crippen LogP contribution in [0.2, 0.25) is 0 Å². The van der Waals surface area contributed by atoms with E-state index in [1.165, 1.54) is 13.2 Å². The Balaban J connectivity index is 2.29. The van der Waals surface area contributed by atoms with Gasteiger partial charge in [0.25, 0.3) is 5.91 Å². The molecule has 0 heterocycles. The maximum atomic E-state index is 12.4. The third kappa shape index (κ3) is 4.77. The summed E-state index contributed by atoms with van der Waals surface area (Å²) >= 11 is 3.23. The molecule has 2 N–H and O–H groups in total. The Bertz CT molecular complexity index is 888. The quantitative estimate of drug-likeness (QED) is 0.545. The van der Waals surface area contributed by atoms with Crippen LogP contribution in [0.3, 0.4) is 0 Å². The van der Waals surface area contributed by atoms with Crippen LogP contribution < -0.4 is 14.8 Å². The lowest BCUT2D eigenvalue weighted by Crippen LogP contribution is -2.13. The van der Waals surface area contributed by atoms with Gasteiger partial charge in [-0.25, -0.2) is 0 Å². The van der Waals surface area contributed by atoms with E-state index in [4.69, 9.17) is 9.47 Å². The van der Waals surface area contributed by atoms with Crippen LogP contribution in [0.15, 0.2) is 46.4 Å². The second-order valence-corrected chi connectivity index (χ2v) is 5.99. The molecule has 0 aliphatic rings. The van der Waals surface area contributed by atoms with E-state index >= 15 is 0 Å². The van der Waals surface area contributed by atoms with Crippen LogP contribution in [0.5, 0.6) is 17.2 Å². The van der Waals surface area contributed by atoms with Crippen LogP contribution in [0.4, 0.5) is 5.69 Å². The van der Waals surface area contributed by atoms with Gasteiger partial charge in [0.15, 0.2) is 11.5 Å². The molecule has 0 aliphatic carbocycles. The highest BCUT2D eigenvalue weighted by atomic mass is 79.9. The smallest absolute Gasteiger partial charge is 0.266 e. The number of aromatic hydroxyl groups is 1. The van der Waals surface area contributed by atoms with Crippen molar-refractivity contribution in [1.82, 2.24) is 0 Å². The number of carbonyl (C=O) groups is 1. The summed E-state index contributed by atoms with van der Waals surface area (Å²) in [5.74, 6) is 0.263. The number of anilines is 1. The van der Waals surface area contributed by atoms with Crippen molar-refractivity contribution < 1.29 is 19.4 Å². The van der Waals surface area contributed by atoms with Gasteiger partial charge >= 0.3 is 0 Å². The zero-order valence-corrected chi connectivity index (χ0v) is 15.8. The van der Waals surface area contributed by atoms with E-state index < -0.39 is 5.91 Å². The Hall–Kier alpha value is -2.98. The van der Waals surface area contributed by atoms with Crippen molar-refractivity contribution in [2.45, 2.75) is 6.92 Å². The van der Waals surface area contributed by atoms with E-state index in [0.29, 0.717) is 28.1 Å². The first-order valence-electron chi connectivity index (χ1n) is 7.71. The topological polar surface area (TPSA) is 91.6 Å². The van der Waals surface area contributed by atoms with Crippen LogP contribution in [0.25, 0.3) is 6.08 Å². The summed E-state index contributed by atoms with van der Waals surface area (Å²) in [7, 11) is 1.53. The van der Waals surface area contributed by atoms with E-state index in [9.17, 15) is 15.2 Å². The Labute approximate surface area is 159 Å². The average Bonchev–Trinajstić information content (AvgIpc) is 2.63. The lowest BCUT2D eigenvalue weighted by atomic mass is 10.1. The highest BCUT2D eigenvalue weighted by Crippen LogP contribution is 2.36. The minimum Gasteiger partial charge on any atom is -0.503 e. The molecule has 0 unspecified atom stereocenters. The predicted molar refractivity (Wildman–Crippen MR) is 102 cm³/mol. The number of carbonyl (C=O) groups excluding carboxylic acids is 1. The molecular formula is C19H17BrN2O4. The van der Waals surface area contributed by atoms with Crippen LogP contribution >= 0.6 is 15.9 Å². The highest BCUT2D eigenvalue weighted by Gasteiger charge is 2.13. The summed E-state index contributed by atoms with van der Waals surface area (Å²) < 4.78 is 10.9. The van der Waals surface area contributed by atoms with Crippen molar-refractivity contribution in [2.24, 2.45) is 0 Å². The SMILES string of the molecule is CCOc1cc(/C=C(\C#N)C(=O)Nc2cccc(OC)c2)cc(Br)c1O. The van der Waals surface area contributed by atoms with Gasteiger partial charge in [0.1, 0.15) is 17.4 Å². The number of phenols is 1. The van der Waals surface area contributed by atoms with Gasteiger partial charge in [-0.3, -0.25) is 4.79 Å². The lowest BCUT2D eigenvalue weighted by molar-refractivity contribution is -0.112. The standard InChI is InChI=1S/C19H17BrN2O4/c1-3-26-17-9-12(8-16(20)18(17)23)7-13(11-21)19(24)22-14-5-4-6-15(10-14)25-2/h4-10,23H,3H2,1-2H3,(H,22,24)/b13-7+. The summed E-state index contributed by atoms with van der Waals surface area (Å²) in [6.07, 6.45) is 1.42. The van der Waals surface area contributed by atoms with Crippen molar-refractivity contribution in [1.29, 1.82) is 5.26 Å². The fourth-order valence-electron chi connectivity index (χ4n) is 2.16. The average molecular weight is 417 g/mol. The number of amides is 1. The maximum absolute atomic E-state index is 12.4. The number of nitrogens with one attached hydrogen (secondary N) is 1. The number of benzene rings is 2. The van der Waals surface area contributed by atoms with E-state index in [1.807, 2.05) is 6.07 Å². The third-order valence-corrected chi connectivity index (χ3v) is 3.96. The summed E-state index contributed by atoms with van der Waals surface area (Å²) in [6.45, 7) is 2.16. The van der Waals surface area contributed by atoms with Crippen LogP contribution in [-0.4, -0.2) is 24.7 Å². The number of hydrogen-bond donors (Lipinski definition) is 2. The van der Waals surface area contributed by atoms with Crippen molar-refractivity contribution in [3.05, 3.63) is 52.0 Å². The number of nitrogens with zero attached hydrogens (tertiary/aromatic N) is 1. The minimum absolute atomic E-state index is 0.0386. The highest BCUT2D eigenvalue weighted by molar-refractivity contribution is 9.10.